The van der Waals surface area contributed by atoms with E-state index in [4.69, 9.17) is 11.6 Å². The van der Waals surface area contributed by atoms with Gasteiger partial charge in [0.1, 0.15) is 0 Å². The fourth-order valence-corrected chi connectivity index (χ4v) is 1.95. The molecule has 3 heteroatoms. The fraction of sp³-hybridized carbons (Fsp3) is 0.444. The topological polar surface area (TPSA) is 12.9 Å². The molecule has 0 aliphatic rings. The summed E-state index contributed by atoms with van der Waals surface area (Å²) in [5, 5.41) is 0. The first-order chi connectivity index (χ1) is 5.58. The van der Waals surface area contributed by atoms with E-state index in [0.717, 1.165) is 11.6 Å². The summed E-state index contributed by atoms with van der Waals surface area (Å²) in [5.74, 6) is 0. The molecule has 1 nitrogen and oxygen atoms in total. The molecule has 0 N–H and O–H groups in total. The van der Waals surface area contributed by atoms with E-state index in [0.29, 0.717) is 8.58 Å². The normalized spacial score (nSPS) is 12.6. The monoisotopic (exact) mass is 201 g/mol. The molecule has 0 amide bonds. The zero-order valence-electron chi connectivity index (χ0n) is 7.34. The maximum atomic E-state index is 6.06. The van der Waals surface area contributed by atoms with Gasteiger partial charge in [-0.25, -0.2) is 0 Å². The number of aromatic nitrogens is 1. The van der Waals surface area contributed by atoms with Crippen LogP contribution in [-0.4, -0.2) is 16.0 Å². The molecule has 1 aromatic heterocycles. The first-order valence-corrected chi connectivity index (χ1v) is 5.50. The molecular formula is C9H13ClNP. The molecule has 0 saturated heterocycles. The Hall–Kier alpha value is -0.130. The van der Waals surface area contributed by atoms with Crippen LogP contribution < -0.4 is 5.44 Å². The third-order valence-electron chi connectivity index (χ3n) is 1.35. The van der Waals surface area contributed by atoms with E-state index in [1.165, 1.54) is 0 Å². The van der Waals surface area contributed by atoms with E-state index in [1.54, 1.807) is 0 Å². The largest absolute Gasteiger partial charge is 0.257 e. The smallest absolute Gasteiger partial charge is 0.0600 e. The van der Waals surface area contributed by atoms with Crippen molar-refractivity contribution in [1.82, 2.24) is 4.98 Å². The summed E-state index contributed by atoms with van der Waals surface area (Å²) in [4.78, 5) is 4.13. The molecule has 1 heterocycles. The maximum absolute atomic E-state index is 6.06. The second kappa shape index (κ2) is 4.20. The molecule has 0 aliphatic heterocycles. The van der Waals surface area contributed by atoms with Crippen LogP contribution in [0.5, 0.6) is 0 Å². The van der Waals surface area contributed by atoms with Gasteiger partial charge in [-0.3, -0.25) is 4.98 Å². The van der Waals surface area contributed by atoms with Gasteiger partial charge in [0.05, 0.1) is 5.44 Å². The van der Waals surface area contributed by atoms with E-state index >= 15 is 0 Å². The molecular weight excluding hydrogens is 189 g/mol. The lowest BCUT2D eigenvalue weighted by atomic mass is 10.3. The molecule has 0 spiro atoms. The van der Waals surface area contributed by atoms with Gasteiger partial charge in [0.25, 0.3) is 0 Å². The van der Waals surface area contributed by atoms with Gasteiger partial charge in [-0.2, -0.15) is 0 Å². The molecule has 0 radical (unpaired) electrons. The molecule has 1 unspecified atom stereocenters. The van der Waals surface area contributed by atoms with Crippen molar-refractivity contribution in [1.29, 1.82) is 0 Å². The Morgan fingerprint density at radius 3 is 2.75 bits per heavy atom. The second-order valence-corrected chi connectivity index (χ2v) is 5.53. The summed E-state index contributed by atoms with van der Waals surface area (Å²) in [7, 11) is 0.713. The number of rotatable bonds is 3. The average Bonchev–Trinajstić information content (AvgIpc) is 2.02. The quantitative estimate of drug-likeness (QED) is 0.541. The molecule has 12 heavy (non-hydrogen) atoms. The Kier molecular flexibility index (Phi) is 3.49. The first-order valence-electron chi connectivity index (χ1n) is 3.92. The predicted octanol–water partition coefficient (Wildman–Crippen LogP) is 2.40. The van der Waals surface area contributed by atoms with Crippen molar-refractivity contribution in [3.8, 4) is 0 Å². The predicted molar refractivity (Wildman–Crippen MR) is 57.0 cm³/mol. The number of hydrogen-bond acceptors (Lipinski definition) is 1. The first kappa shape index (κ1) is 9.95. The molecule has 1 aromatic rings. The maximum Gasteiger partial charge on any atom is 0.0600 e. The summed E-state index contributed by atoms with van der Waals surface area (Å²) in [6.07, 6.45) is 2.81. The Morgan fingerprint density at radius 2 is 2.25 bits per heavy atom. The van der Waals surface area contributed by atoms with Crippen LogP contribution in [0.3, 0.4) is 0 Å². The SMILES string of the molecule is CC(C)(Cl)CPc1ccccn1. The van der Waals surface area contributed by atoms with Gasteiger partial charge in [-0.1, -0.05) is 14.6 Å². The molecule has 0 aliphatic carbocycles. The lowest BCUT2D eigenvalue weighted by Gasteiger charge is -2.14. The van der Waals surface area contributed by atoms with Gasteiger partial charge < -0.3 is 0 Å². The van der Waals surface area contributed by atoms with Crippen LogP contribution in [0, 0.1) is 0 Å². The van der Waals surface area contributed by atoms with Crippen LogP contribution in [-0.2, 0) is 0 Å². The molecule has 1 rings (SSSR count). The highest BCUT2D eigenvalue weighted by Gasteiger charge is 2.12. The van der Waals surface area contributed by atoms with Crippen LogP contribution >= 0.6 is 20.2 Å². The highest BCUT2D eigenvalue weighted by Crippen LogP contribution is 2.22. The van der Waals surface area contributed by atoms with Crippen LogP contribution in [0.4, 0.5) is 0 Å². The summed E-state index contributed by atoms with van der Waals surface area (Å²) in [6.45, 7) is 4.06. The van der Waals surface area contributed by atoms with E-state index in [-0.39, 0.29) is 4.87 Å². The van der Waals surface area contributed by atoms with Crippen molar-refractivity contribution in [2.45, 2.75) is 18.7 Å². The number of alkyl halides is 1. The van der Waals surface area contributed by atoms with Crippen LogP contribution in [0.1, 0.15) is 13.8 Å². The highest BCUT2D eigenvalue weighted by molar-refractivity contribution is 7.47. The number of halogens is 1. The lowest BCUT2D eigenvalue weighted by Crippen LogP contribution is -2.15. The molecule has 0 saturated carbocycles. The summed E-state index contributed by atoms with van der Waals surface area (Å²) in [6, 6.07) is 5.98. The number of pyridine rings is 1. The van der Waals surface area contributed by atoms with Gasteiger partial charge in [-0.15, -0.1) is 11.6 Å². The Balaban J connectivity index is 2.44. The zero-order valence-corrected chi connectivity index (χ0v) is 9.10. The molecule has 1 atom stereocenters. The zero-order chi connectivity index (χ0) is 9.03. The number of nitrogens with zero attached hydrogens (tertiary/aromatic N) is 1. The molecule has 66 valence electrons. The van der Waals surface area contributed by atoms with Gasteiger partial charge in [0.2, 0.25) is 0 Å². The van der Waals surface area contributed by atoms with Crippen LogP contribution in [0.2, 0.25) is 0 Å². The van der Waals surface area contributed by atoms with Crippen molar-refractivity contribution in [2.75, 3.05) is 6.16 Å². The van der Waals surface area contributed by atoms with Gasteiger partial charge in [0.15, 0.2) is 0 Å². The summed E-state index contributed by atoms with van der Waals surface area (Å²) < 4.78 is 0. The minimum atomic E-state index is -0.101. The van der Waals surface area contributed by atoms with E-state index < -0.39 is 0 Å². The third kappa shape index (κ3) is 4.04. The van der Waals surface area contributed by atoms with Crippen molar-refractivity contribution < 1.29 is 0 Å². The van der Waals surface area contributed by atoms with Crippen molar-refractivity contribution in [2.24, 2.45) is 0 Å². The average molecular weight is 202 g/mol. The van der Waals surface area contributed by atoms with Crippen molar-refractivity contribution in [3.05, 3.63) is 24.4 Å². The van der Waals surface area contributed by atoms with Crippen LogP contribution in [0.25, 0.3) is 0 Å². The summed E-state index contributed by atoms with van der Waals surface area (Å²) in [5.41, 5.74) is 1.14. The minimum Gasteiger partial charge on any atom is -0.257 e. The molecule has 0 bridgehead atoms. The fourth-order valence-electron chi connectivity index (χ4n) is 0.768. The van der Waals surface area contributed by atoms with Gasteiger partial charge in [-0.05, 0) is 32.1 Å². The van der Waals surface area contributed by atoms with Crippen LogP contribution in [0.15, 0.2) is 24.4 Å². The lowest BCUT2D eigenvalue weighted by molar-refractivity contribution is 0.799. The van der Waals surface area contributed by atoms with Crippen molar-refractivity contribution in [3.63, 3.8) is 0 Å². The second-order valence-electron chi connectivity index (χ2n) is 3.29. The highest BCUT2D eigenvalue weighted by atomic mass is 35.5. The minimum absolute atomic E-state index is 0.101. The third-order valence-corrected chi connectivity index (χ3v) is 3.43. The van der Waals surface area contributed by atoms with Crippen molar-refractivity contribution >= 4 is 25.6 Å². The van der Waals surface area contributed by atoms with Gasteiger partial charge in [0, 0.05) is 11.1 Å². The summed E-state index contributed by atoms with van der Waals surface area (Å²) >= 11 is 6.06. The molecule has 0 fully saturated rings. The molecule has 0 aromatic carbocycles. The van der Waals surface area contributed by atoms with E-state index in [9.17, 15) is 0 Å². The van der Waals surface area contributed by atoms with Gasteiger partial charge >= 0.3 is 0 Å². The number of hydrogen-bond donors (Lipinski definition) is 0. The Bertz CT molecular complexity index is 230. The Labute approximate surface area is 80.3 Å². The Morgan fingerprint density at radius 1 is 1.50 bits per heavy atom. The van der Waals surface area contributed by atoms with E-state index in [2.05, 4.69) is 4.98 Å². The standard InChI is InChI=1S/C9H13ClNP/c1-9(2,10)7-12-8-5-3-4-6-11-8/h3-6,12H,7H2,1-2H3. The van der Waals surface area contributed by atoms with E-state index in [1.807, 2.05) is 38.2 Å².